The van der Waals surface area contributed by atoms with Crippen LogP contribution in [0.2, 0.25) is 0 Å². The third kappa shape index (κ3) is 4.67. The normalized spacial score (nSPS) is 12.6. The van der Waals surface area contributed by atoms with Crippen molar-refractivity contribution in [3.05, 3.63) is 35.4 Å². The smallest absolute Gasteiger partial charge is 0.335 e. The largest absolute Gasteiger partial charge is 0.409 e. The Bertz CT molecular complexity index is 463. The third-order valence-electron chi connectivity index (χ3n) is 2.39. The van der Waals surface area contributed by atoms with Crippen molar-refractivity contribution < 1.29 is 18.8 Å². The molecule has 3 N–H and O–H groups in total. The number of hydrogen-bond donors (Lipinski definition) is 2. The monoisotopic (exact) mass is 286 g/mol. The molecular weight excluding hydrogens is 267 g/mol. The van der Waals surface area contributed by atoms with Crippen molar-refractivity contribution in [3.8, 4) is 0 Å². The van der Waals surface area contributed by atoms with Gasteiger partial charge in [0.1, 0.15) is 0 Å². The highest BCUT2D eigenvalue weighted by Gasteiger charge is 2.23. The molecule has 0 aliphatic rings. The highest BCUT2D eigenvalue weighted by molar-refractivity contribution is 7.53. The van der Waals surface area contributed by atoms with Gasteiger partial charge < -0.3 is 20.0 Å². The number of oxime groups is 1. The summed E-state index contributed by atoms with van der Waals surface area (Å²) in [5.74, 6) is 0.0318. The molecule has 0 saturated carbocycles. The number of nitrogens with zero attached hydrogens (tertiary/aromatic N) is 1. The minimum atomic E-state index is -3.10. The van der Waals surface area contributed by atoms with Crippen LogP contribution < -0.4 is 5.73 Å². The SMILES string of the molecule is CCOP(=O)(Cc1ccc(C(N)=NO)cc1)OCC. The number of amidine groups is 1. The van der Waals surface area contributed by atoms with Crippen molar-refractivity contribution in [2.45, 2.75) is 20.0 Å². The molecule has 0 fully saturated rings. The van der Waals surface area contributed by atoms with E-state index in [2.05, 4.69) is 5.16 Å². The van der Waals surface area contributed by atoms with Crippen LogP contribution in [0.25, 0.3) is 0 Å². The number of nitrogens with two attached hydrogens (primary N) is 1. The maximum absolute atomic E-state index is 12.3. The molecule has 1 aromatic carbocycles. The molecule has 1 aromatic rings. The minimum absolute atomic E-state index is 0.0318. The molecular formula is C12H19N2O4P. The van der Waals surface area contributed by atoms with Gasteiger partial charge in [-0.25, -0.2) is 0 Å². The van der Waals surface area contributed by atoms with Crippen molar-refractivity contribution >= 4 is 13.4 Å². The molecule has 0 heterocycles. The van der Waals surface area contributed by atoms with Gasteiger partial charge in [0.05, 0.1) is 19.4 Å². The lowest BCUT2D eigenvalue weighted by Crippen LogP contribution is -2.12. The summed E-state index contributed by atoms with van der Waals surface area (Å²) in [4.78, 5) is 0. The predicted octanol–water partition coefficient (Wildman–Crippen LogP) is 2.55. The van der Waals surface area contributed by atoms with Gasteiger partial charge >= 0.3 is 7.60 Å². The van der Waals surface area contributed by atoms with Gasteiger partial charge in [0.25, 0.3) is 0 Å². The van der Waals surface area contributed by atoms with Gasteiger partial charge in [-0.2, -0.15) is 0 Å². The first-order chi connectivity index (χ1) is 9.04. The summed E-state index contributed by atoms with van der Waals surface area (Å²) in [5.41, 5.74) is 6.86. The predicted molar refractivity (Wildman–Crippen MR) is 73.5 cm³/mol. The van der Waals surface area contributed by atoms with E-state index in [0.29, 0.717) is 18.8 Å². The summed E-state index contributed by atoms with van der Waals surface area (Å²) in [7, 11) is -3.10. The average Bonchev–Trinajstić information content (AvgIpc) is 2.39. The van der Waals surface area contributed by atoms with E-state index in [9.17, 15) is 4.57 Å². The second-order valence-corrected chi connectivity index (χ2v) is 5.84. The summed E-state index contributed by atoms with van der Waals surface area (Å²) in [5, 5.41) is 11.5. The van der Waals surface area contributed by atoms with Crippen molar-refractivity contribution in [1.82, 2.24) is 0 Å². The molecule has 0 bridgehead atoms. The quantitative estimate of drug-likeness (QED) is 0.264. The summed E-state index contributed by atoms with van der Waals surface area (Å²) >= 11 is 0. The Morgan fingerprint density at radius 1 is 1.26 bits per heavy atom. The summed E-state index contributed by atoms with van der Waals surface area (Å²) in [6, 6.07) is 6.87. The molecule has 7 heteroatoms. The molecule has 6 nitrogen and oxygen atoms in total. The third-order valence-corrected chi connectivity index (χ3v) is 4.44. The van der Waals surface area contributed by atoms with E-state index in [1.54, 1.807) is 38.1 Å². The van der Waals surface area contributed by atoms with Crippen LogP contribution in [-0.4, -0.2) is 24.3 Å². The summed E-state index contributed by atoms with van der Waals surface area (Å²) in [6.45, 7) is 4.21. The summed E-state index contributed by atoms with van der Waals surface area (Å²) < 4.78 is 22.8. The van der Waals surface area contributed by atoms with Crippen LogP contribution in [-0.2, 0) is 19.8 Å². The lowest BCUT2D eigenvalue weighted by Gasteiger charge is -2.17. The molecule has 19 heavy (non-hydrogen) atoms. The van der Waals surface area contributed by atoms with Crippen molar-refractivity contribution in [2.75, 3.05) is 13.2 Å². The van der Waals surface area contributed by atoms with Crippen LogP contribution in [0, 0.1) is 0 Å². The molecule has 0 amide bonds. The fourth-order valence-corrected chi connectivity index (χ4v) is 3.29. The van der Waals surface area contributed by atoms with Crippen LogP contribution >= 0.6 is 7.60 Å². The molecule has 0 radical (unpaired) electrons. The van der Waals surface area contributed by atoms with Crippen LogP contribution in [0.4, 0.5) is 0 Å². The van der Waals surface area contributed by atoms with Crippen LogP contribution in [0.15, 0.2) is 29.4 Å². The Morgan fingerprint density at radius 2 is 1.79 bits per heavy atom. The molecule has 0 aliphatic heterocycles. The van der Waals surface area contributed by atoms with Crippen molar-refractivity contribution in [1.29, 1.82) is 0 Å². The second kappa shape index (κ2) is 7.28. The van der Waals surface area contributed by atoms with Crippen molar-refractivity contribution in [3.63, 3.8) is 0 Å². The van der Waals surface area contributed by atoms with Crippen LogP contribution in [0.5, 0.6) is 0 Å². The molecule has 1 rings (SSSR count). The van der Waals surface area contributed by atoms with Crippen LogP contribution in [0.3, 0.4) is 0 Å². The standard InChI is InChI=1S/C12H19N2O4P/c1-3-17-19(16,18-4-2)9-10-5-7-11(8-6-10)12(13)14-15/h5-8,15H,3-4,9H2,1-2H3,(H2,13,14). The fourth-order valence-electron chi connectivity index (χ4n) is 1.58. The van der Waals surface area contributed by atoms with Gasteiger partial charge in [-0.3, -0.25) is 4.57 Å². The number of hydrogen-bond acceptors (Lipinski definition) is 5. The number of rotatable bonds is 7. The lowest BCUT2D eigenvalue weighted by molar-refractivity contribution is 0.219. The van der Waals surface area contributed by atoms with Gasteiger partial charge in [0.15, 0.2) is 5.84 Å². The Balaban J connectivity index is 2.83. The first-order valence-electron chi connectivity index (χ1n) is 5.99. The molecule has 0 unspecified atom stereocenters. The minimum Gasteiger partial charge on any atom is -0.409 e. The van der Waals surface area contributed by atoms with Gasteiger partial charge in [-0.05, 0) is 19.4 Å². The zero-order valence-corrected chi connectivity index (χ0v) is 12.0. The molecule has 0 aromatic heterocycles. The van der Waals surface area contributed by atoms with Gasteiger partial charge in [0.2, 0.25) is 0 Å². The topological polar surface area (TPSA) is 94.1 Å². The highest BCUT2D eigenvalue weighted by Crippen LogP contribution is 2.51. The highest BCUT2D eigenvalue weighted by atomic mass is 31.2. The Hall–Kier alpha value is -1.36. The maximum Gasteiger partial charge on any atom is 0.335 e. The van der Waals surface area contributed by atoms with E-state index < -0.39 is 7.60 Å². The van der Waals surface area contributed by atoms with E-state index in [0.717, 1.165) is 5.56 Å². The van der Waals surface area contributed by atoms with Crippen molar-refractivity contribution in [2.24, 2.45) is 10.9 Å². The maximum atomic E-state index is 12.3. The molecule has 0 spiro atoms. The van der Waals surface area contributed by atoms with E-state index >= 15 is 0 Å². The first kappa shape index (κ1) is 15.7. The van der Waals surface area contributed by atoms with E-state index in [1.165, 1.54) is 0 Å². The van der Waals surface area contributed by atoms with Gasteiger partial charge in [0, 0.05) is 5.56 Å². The Morgan fingerprint density at radius 3 is 2.21 bits per heavy atom. The molecule has 0 saturated heterocycles. The molecule has 0 atom stereocenters. The zero-order valence-electron chi connectivity index (χ0n) is 11.1. The zero-order chi connectivity index (χ0) is 14.3. The second-order valence-electron chi connectivity index (χ2n) is 3.79. The Kier molecular flexibility index (Phi) is 6.02. The number of benzene rings is 1. The van der Waals surface area contributed by atoms with E-state index in [-0.39, 0.29) is 12.0 Å². The molecule has 0 aliphatic carbocycles. The van der Waals surface area contributed by atoms with Crippen LogP contribution in [0.1, 0.15) is 25.0 Å². The van der Waals surface area contributed by atoms with Gasteiger partial charge in [-0.1, -0.05) is 29.4 Å². The summed E-state index contributed by atoms with van der Waals surface area (Å²) in [6.07, 6.45) is 0.200. The van der Waals surface area contributed by atoms with E-state index in [1.807, 2.05) is 0 Å². The first-order valence-corrected chi connectivity index (χ1v) is 7.72. The molecule has 106 valence electrons. The fraction of sp³-hybridized carbons (Fsp3) is 0.417. The average molecular weight is 286 g/mol. The lowest BCUT2D eigenvalue weighted by atomic mass is 10.1. The van der Waals surface area contributed by atoms with Gasteiger partial charge in [-0.15, -0.1) is 0 Å². The van der Waals surface area contributed by atoms with E-state index in [4.69, 9.17) is 20.0 Å². The Labute approximate surface area is 112 Å².